The Balaban J connectivity index is 0.00000121. The Kier molecular flexibility index (Phi) is 4.48. The van der Waals surface area contributed by atoms with Crippen LogP contribution in [0.4, 0.5) is 4.79 Å². The summed E-state index contributed by atoms with van der Waals surface area (Å²) >= 11 is 0. The van der Waals surface area contributed by atoms with Gasteiger partial charge in [-0.3, -0.25) is 0 Å². The number of carbonyl (C=O) groups is 1. The topological polar surface area (TPSA) is 69.8 Å². The first-order chi connectivity index (χ1) is 5.33. The molecular formula is C8H11NO3. The van der Waals surface area contributed by atoms with Crippen LogP contribution in [0.3, 0.4) is 0 Å². The van der Waals surface area contributed by atoms with Crippen LogP contribution in [0.15, 0.2) is 30.3 Å². The maximum Gasteiger partial charge on any atom is 0.412 e. The van der Waals surface area contributed by atoms with Crippen LogP contribution in [0.5, 0.6) is 5.75 Å². The van der Waals surface area contributed by atoms with Crippen LogP contribution in [-0.4, -0.2) is 18.6 Å². The molecule has 66 valence electrons. The molecule has 0 aliphatic heterocycles. The largest absolute Gasteiger partial charge is 0.412 e. The molecule has 0 heterocycles. The number of nitrogens with one attached hydrogen (secondary N) is 1. The molecule has 0 aliphatic rings. The molecule has 4 heteroatoms. The van der Waals surface area contributed by atoms with Gasteiger partial charge in [0.15, 0.2) is 0 Å². The Bertz CT molecular complexity index is 235. The SMILES string of the molecule is CNC(=O)Oc1ccccc1.O. The highest BCUT2D eigenvalue weighted by molar-refractivity contribution is 5.69. The van der Waals surface area contributed by atoms with Gasteiger partial charge in [-0.15, -0.1) is 0 Å². The van der Waals surface area contributed by atoms with Crippen molar-refractivity contribution >= 4 is 6.09 Å². The van der Waals surface area contributed by atoms with Gasteiger partial charge in [0, 0.05) is 7.05 Å². The minimum atomic E-state index is -0.448. The third-order valence-electron chi connectivity index (χ3n) is 1.16. The van der Waals surface area contributed by atoms with Crippen molar-refractivity contribution in [2.45, 2.75) is 0 Å². The van der Waals surface area contributed by atoms with Crippen molar-refractivity contribution in [1.29, 1.82) is 0 Å². The van der Waals surface area contributed by atoms with E-state index >= 15 is 0 Å². The molecule has 0 spiro atoms. The van der Waals surface area contributed by atoms with E-state index in [9.17, 15) is 4.79 Å². The molecule has 0 fully saturated rings. The Labute approximate surface area is 70.5 Å². The minimum Gasteiger partial charge on any atom is -0.412 e. The van der Waals surface area contributed by atoms with Crippen molar-refractivity contribution < 1.29 is 15.0 Å². The van der Waals surface area contributed by atoms with Gasteiger partial charge in [0.05, 0.1) is 0 Å². The lowest BCUT2D eigenvalue weighted by Gasteiger charge is -2.00. The summed E-state index contributed by atoms with van der Waals surface area (Å²) in [5, 5.41) is 2.35. The lowest BCUT2D eigenvalue weighted by Crippen LogP contribution is -2.21. The third-order valence-corrected chi connectivity index (χ3v) is 1.16. The number of para-hydroxylation sites is 1. The van der Waals surface area contributed by atoms with Crippen LogP contribution < -0.4 is 10.1 Å². The van der Waals surface area contributed by atoms with Gasteiger partial charge in [0.2, 0.25) is 0 Å². The monoisotopic (exact) mass is 169 g/mol. The minimum absolute atomic E-state index is 0. The molecule has 0 unspecified atom stereocenters. The highest BCUT2D eigenvalue weighted by Crippen LogP contribution is 2.07. The maximum atomic E-state index is 10.6. The summed E-state index contributed by atoms with van der Waals surface area (Å²) < 4.78 is 4.81. The Morgan fingerprint density at radius 1 is 1.33 bits per heavy atom. The van der Waals surface area contributed by atoms with Crippen molar-refractivity contribution in [3.8, 4) is 5.75 Å². The number of ether oxygens (including phenoxy) is 1. The van der Waals surface area contributed by atoms with Crippen molar-refractivity contribution in [2.24, 2.45) is 0 Å². The molecule has 1 rings (SSSR count). The first-order valence-corrected chi connectivity index (χ1v) is 3.27. The van der Waals surface area contributed by atoms with Crippen LogP contribution in [0.2, 0.25) is 0 Å². The molecule has 0 saturated heterocycles. The number of amides is 1. The quantitative estimate of drug-likeness (QED) is 0.668. The Morgan fingerprint density at radius 2 is 1.92 bits per heavy atom. The third kappa shape index (κ3) is 3.03. The number of hydrogen-bond donors (Lipinski definition) is 1. The second-order valence-electron chi connectivity index (χ2n) is 1.95. The van der Waals surface area contributed by atoms with E-state index < -0.39 is 6.09 Å². The van der Waals surface area contributed by atoms with Crippen LogP contribution in [0.25, 0.3) is 0 Å². The molecule has 0 radical (unpaired) electrons. The van der Waals surface area contributed by atoms with E-state index in [4.69, 9.17) is 4.74 Å². The summed E-state index contributed by atoms with van der Waals surface area (Å²) in [5.74, 6) is 0.548. The second-order valence-corrected chi connectivity index (χ2v) is 1.95. The van der Waals surface area contributed by atoms with Crippen molar-refractivity contribution in [3.63, 3.8) is 0 Å². The standard InChI is InChI=1S/C8H9NO2.H2O/c1-9-8(10)11-7-5-3-2-4-6-7;/h2-6H,1H3,(H,9,10);1H2. The number of hydrogen-bond acceptors (Lipinski definition) is 2. The molecule has 1 aromatic rings. The Morgan fingerprint density at radius 3 is 2.42 bits per heavy atom. The zero-order valence-electron chi connectivity index (χ0n) is 6.70. The zero-order valence-corrected chi connectivity index (χ0v) is 6.70. The fraction of sp³-hybridized carbons (Fsp3) is 0.125. The molecule has 3 N–H and O–H groups in total. The van der Waals surface area contributed by atoms with Crippen molar-refractivity contribution in [3.05, 3.63) is 30.3 Å². The molecule has 0 atom stereocenters. The summed E-state index contributed by atoms with van der Waals surface area (Å²) in [7, 11) is 1.52. The van der Waals surface area contributed by atoms with Crippen LogP contribution >= 0.6 is 0 Å². The second kappa shape index (κ2) is 5.15. The fourth-order valence-electron chi connectivity index (χ4n) is 0.647. The van der Waals surface area contributed by atoms with Gasteiger partial charge in [-0.2, -0.15) is 0 Å². The summed E-state index contributed by atoms with van der Waals surface area (Å²) in [4.78, 5) is 10.6. The summed E-state index contributed by atoms with van der Waals surface area (Å²) in [5.41, 5.74) is 0. The highest BCUT2D eigenvalue weighted by atomic mass is 16.5. The van der Waals surface area contributed by atoms with E-state index in [2.05, 4.69) is 5.32 Å². The van der Waals surface area contributed by atoms with Crippen molar-refractivity contribution in [2.75, 3.05) is 7.05 Å². The normalized spacial score (nSPS) is 8.08. The molecular weight excluding hydrogens is 158 g/mol. The average Bonchev–Trinajstić information content (AvgIpc) is 2.06. The van der Waals surface area contributed by atoms with Crippen molar-refractivity contribution in [1.82, 2.24) is 5.32 Å². The van der Waals surface area contributed by atoms with E-state index in [-0.39, 0.29) is 5.48 Å². The summed E-state index contributed by atoms with van der Waals surface area (Å²) in [6.07, 6.45) is -0.448. The van der Waals surface area contributed by atoms with Gasteiger partial charge in [0.25, 0.3) is 0 Å². The van der Waals surface area contributed by atoms with Gasteiger partial charge in [-0.25, -0.2) is 4.79 Å². The van der Waals surface area contributed by atoms with E-state index in [0.29, 0.717) is 5.75 Å². The predicted octanol–water partition coefficient (Wildman–Crippen LogP) is 0.580. The van der Waals surface area contributed by atoms with Gasteiger partial charge >= 0.3 is 6.09 Å². The lowest BCUT2D eigenvalue weighted by atomic mass is 10.3. The molecule has 1 aromatic carbocycles. The number of carbonyl (C=O) groups excluding carboxylic acids is 1. The molecule has 12 heavy (non-hydrogen) atoms. The van der Waals surface area contributed by atoms with Gasteiger partial charge < -0.3 is 15.5 Å². The van der Waals surface area contributed by atoms with Gasteiger partial charge in [-0.05, 0) is 12.1 Å². The zero-order chi connectivity index (χ0) is 8.10. The predicted molar refractivity (Wildman–Crippen MR) is 45.1 cm³/mol. The van der Waals surface area contributed by atoms with E-state index in [1.54, 1.807) is 24.3 Å². The Hall–Kier alpha value is -1.55. The van der Waals surface area contributed by atoms with E-state index in [0.717, 1.165) is 0 Å². The molecule has 0 aliphatic carbocycles. The van der Waals surface area contributed by atoms with Crippen LogP contribution in [-0.2, 0) is 0 Å². The highest BCUT2D eigenvalue weighted by Gasteiger charge is 1.97. The maximum absolute atomic E-state index is 10.6. The molecule has 0 aromatic heterocycles. The number of rotatable bonds is 1. The summed E-state index contributed by atoms with van der Waals surface area (Å²) in [6.45, 7) is 0. The van der Waals surface area contributed by atoms with Crippen LogP contribution in [0, 0.1) is 0 Å². The van der Waals surface area contributed by atoms with E-state index in [1.165, 1.54) is 7.05 Å². The van der Waals surface area contributed by atoms with E-state index in [1.807, 2.05) is 6.07 Å². The number of benzene rings is 1. The lowest BCUT2D eigenvalue weighted by molar-refractivity contribution is 0.203. The van der Waals surface area contributed by atoms with Gasteiger partial charge in [0.1, 0.15) is 5.75 Å². The van der Waals surface area contributed by atoms with Gasteiger partial charge in [-0.1, -0.05) is 18.2 Å². The molecule has 0 bridgehead atoms. The molecule has 0 saturated carbocycles. The summed E-state index contributed by atoms with van der Waals surface area (Å²) in [6, 6.07) is 8.90. The molecule has 4 nitrogen and oxygen atoms in total. The van der Waals surface area contributed by atoms with Crippen LogP contribution in [0.1, 0.15) is 0 Å². The first-order valence-electron chi connectivity index (χ1n) is 3.27. The smallest absolute Gasteiger partial charge is 0.412 e. The molecule has 1 amide bonds. The fourth-order valence-corrected chi connectivity index (χ4v) is 0.647. The average molecular weight is 169 g/mol. The first kappa shape index (κ1) is 10.4.